The van der Waals surface area contributed by atoms with Gasteiger partial charge < -0.3 is 0 Å². The van der Waals surface area contributed by atoms with Gasteiger partial charge in [-0.15, -0.1) is 23.5 Å². The zero-order chi connectivity index (χ0) is 12.3. The van der Waals surface area contributed by atoms with Crippen LogP contribution < -0.4 is 0 Å². The van der Waals surface area contributed by atoms with E-state index in [1.807, 2.05) is 0 Å². The average molecular weight is 311 g/mol. The second kappa shape index (κ2) is 11.2. The van der Waals surface area contributed by atoms with E-state index in [4.69, 9.17) is 0 Å². The van der Waals surface area contributed by atoms with Crippen molar-refractivity contribution in [3.05, 3.63) is 0 Å². The van der Waals surface area contributed by atoms with E-state index in [9.17, 15) is 0 Å². The van der Waals surface area contributed by atoms with Crippen LogP contribution in [-0.2, 0) is 0 Å². The van der Waals surface area contributed by atoms with Gasteiger partial charge >= 0.3 is 0 Å². The molecule has 0 heterocycles. The Morgan fingerprint density at radius 3 is 1.88 bits per heavy atom. The van der Waals surface area contributed by atoms with E-state index in [1.165, 1.54) is 56.5 Å². The van der Waals surface area contributed by atoms with Crippen LogP contribution in [0.4, 0.5) is 0 Å². The maximum atomic E-state index is 4.31. The molecule has 17 heavy (non-hydrogen) atoms. The van der Waals surface area contributed by atoms with Gasteiger partial charge in [-0.3, -0.25) is 0 Å². The summed E-state index contributed by atoms with van der Waals surface area (Å²) in [6.45, 7) is 0. The quantitative estimate of drug-likeness (QED) is 0.349. The summed E-state index contributed by atoms with van der Waals surface area (Å²) in [5.74, 6) is 5.62. The van der Waals surface area contributed by atoms with Crippen molar-refractivity contribution in [3.8, 4) is 0 Å². The number of thiol groups is 2. The molecule has 0 nitrogen and oxygen atoms in total. The third kappa shape index (κ3) is 7.54. The summed E-state index contributed by atoms with van der Waals surface area (Å²) in [7, 11) is 0. The number of hydrogen-bond donors (Lipinski definition) is 2. The fourth-order valence-corrected chi connectivity index (χ4v) is 6.14. The lowest BCUT2D eigenvalue weighted by Crippen LogP contribution is -2.18. The molecule has 1 fully saturated rings. The summed E-state index contributed by atoms with van der Waals surface area (Å²) in [6, 6.07) is 0. The highest BCUT2D eigenvalue weighted by Crippen LogP contribution is 2.39. The van der Waals surface area contributed by atoms with E-state index in [2.05, 4.69) is 48.8 Å². The second-order valence-electron chi connectivity index (χ2n) is 4.66. The Morgan fingerprint density at radius 2 is 1.41 bits per heavy atom. The van der Waals surface area contributed by atoms with Gasteiger partial charge in [-0.1, -0.05) is 19.3 Å². The summed E-state index contributed by atoms with van der Waals surface area (Å²) in [6.07, 6.45) is 9.82. The van der Waals surface area contributed by atoms with Gasteiger partial charge in [0, 0.05) is 0 Å². The highest BCUT2D eigenvalue weighted by atomic mass is 32.2. The summed E-state index contributed by atoms with van der Waals surface area (Å²) in [4.78, 5) is 0. The standard InChI is InChI=1S/C13H26S4/c14-8-4-10-16-13(17-11-5-9-15)12-6-2-1-3-7-12/h12-15H,1-11H2. The Balaban J connectivity index is 2.27. The zero-order valence-corrected chi connectivity index (χ0v) is 14.1. The SMILES string of the molecule is SCCCSC(SCCCS)C1CCCCC1. The second-order valence-corrected chi connectivity index (χ2v) is 8.35. The molecule has 4 heteroatoms. The molecule has 0 aromatic heterocycles. The molecular weight excluding hydrogens is 284 g/mol. The molecule has 0 N–H and O–H groups in total. The molecule has 0 radical (unpaired) electrons. The molecule has 1 saturated carbocycles. The molecule has 0 atom stereocenters. The summed E-state index contributed by atoms with van der Waals surface area (Å²) >= 11 is 13.0. The van der Waals surface area contributed by atoms with Gasteiger partial charge in [-0.25, -0.2) is 0 Å². The van der Waals surface area contributed by atoms with Crippen molar-refractivity contribution in [2.24, 2.45) is 5.92 Å². The maximum Gasteiger partial charge on any atom is 0.0530 e. The van der Waals surface area contributed by atoms with Crippen LogP contribution in [0.2, 0.25) is 0 Å². The van der Waals surface area contributed by atoms with Crippen molar-refractivity contribution in [1.29, 1.82) is 0 Å². The molecule has 0 saturated heterocycles. The minimum absolute atomic E-state index is 0.843. The molecule has 1 aliphatic carbocycles. The van der Waals surface area contributed by atoms with Gasteiger partial charge in [0.15, 0.2) is 0 Å². The maximum absolute atomic E-state index is 4.31. The number of thioether (sulfide) groups is 2. The van der Waals surface area contributed by atoms with E-state index in [1.54, 1.807) is 0 Å². The molecule has 0 bridgehead atoms. The van der Waals surface area contributed by atoms with Crippen LogP contribution >= 0.6 is 48.8 Å². The first kappa shape index (κ1) is 16.5. The minimum Gasteiger partial charge on any atom is -0.179 e. The molecule has 0 aromatic carbocycles. The van der Waals surface area contributed by atoms with E-state index in [0.29, 0.717) is 0 Å². The van der Waals surface area contributed by atoms with Crippen LogP contribution in [0.1, 0.15) is 44.9 Å². The Labute approximate surface area is 127 Å². The molecule has 0 aliphatic heterocycles. The lowest BCUT2D eigenvalue weighted by Gasteiger charge is -2.29. The number of rotatable bonds is 9. The lowest BCUT2D eigenvalue weighted by molar-refractivity contribution is 0.381. The lowest BCUT2D eigenvalue weighted by atomic mass is 9.91. The smallest absolute Gasteiger partial charge is 0.0530 e. The van der Waals surface area contributed by atoms with Crippen LogP contribution in [0.15, 0.2) is 0 Å². The Kier molecular flexibility index (Phi) is 10.9. The van der Waals surface area contributed by atoms with Gasteiger partial charge in [0.1, 0.15) is 0 Å². The van der Waals surface area contributed by atoms with E-state index in [-0.39, 0.29) is 0 Å². The predicted octanol–water partition coefficient (Wildman–Crippen LogP) is 5.00. The van der Waals surface area contributed by atoms with Crippen molar-refractivity contribution >= 4 is 48.8 Å². The van der Waals surface area contributed by atoms with Crippen LogP contribution in [0, 0.1) is 5.92 Å². The normalized spacial score (nSPS) is 17.8. The van der Waals surface area contributed by atoms with Crippen molar-refractivity contribution in [3.63, 3.8) is 0 Å². The highest BCUT2D eigenvalue weighted by Gasteiger charge is 2.23. The van der Waals surface area contributed by atoms with Gasteiger partial charge in [0.2, 0.25) is 0 Å². The third-order valence-electron chi connectivity index (χ3n) is 3.20. The Morgan fingerprint density at radius 1 is 0.882 bits per heavy atom. The molecule has 1 aliphatic rings. The number of hydrogen-bond acceptors (Lipinski definition) is 4. The molecular formula is C13H26S4. The van der Waals surface area contributed by atoms with Crippen molar-refractivity contribution in [2.45, 2.75) is 49.5 Å². The molecule has 0 unspecified atom stereocenters. The summed E-state index contributed by atoms with van der Waals surface area (Å²) in [5.41, 5.74) is 0. The molecule has 102 valence electrons. The van der Waals surface area contributed by atoms with Gasteiger partial charge in [-0.2, -0.15) is 25.3 Å². The average Bonchev–Trinajstić information content (AvgIpc) is 2.38. The van der Waals surface area contributed by atoms with Crippen LogP contribution in [0.5, 0.6) is 0 Å². The summed E-state index contributed by atoms with van der Waals surface area (Å²) < 4.78 is 0.843. The molecule has 0 amide bonds. The predicted molar refractivity (Wildman–Crippen MR) is 92.2 cm³/mol. The zero-order valence-electron chi connectivity index (χ0n) is 10.6. The van der Waals surface area contributed by atoms with Crippen LogP contribution in [-0.4, -0.2) is 27.6 Å². The van der Waals surface area contributed by atoms with Gasteiger partial charge in [0.25, 0.3) is 0 Å². The Hall–Kier alpha value is 1.40. The third-order valence-corrected chi connectivity index (χ3v) is 7.13. The first-order chi connectivity index (χ1) is 8.38. The first-order valence-electron chi connectivity index (χ1n) is 6.83. The first-order valence-corrected chi connectivity index (χ1v) is 10.2. The molecule has 0 aromatic rings. The fourth-order valence-electron chi connectivity index (χ4n) is 2.25. The molecule has 1 rings (SSSR count). The topological polar surface area (TPSA) is 0 Å². The summed E-state index contributed by atoms with van der Waals surface area (Å²) in [5, 5.41) is 0. The Bertz CT molecular complexity index is 159. The largest absolute Gasteiger partial charge is 0.179 e. The van der Waals surface area contributed by atoms with Crippen molar-refractivity contribution in [2.75, 3.05) is 23.0 Å². The van der Waals surface area contributed by atoms with E-state index in [0.717, 1.165) is 22.0 Å². The van der Waals surface area contributed by atoms with Crippen molar-refractivity contribution in [1.82, 2.24) is 0 Å². The molecule has 0 spiro atoms. The fraction of sp³-hybridized carbons (Fsp3) is 1.00. The van der Waals surface area contributed by atoms with Gasteiger partial charge in [0.05, 0.1) is 4.58 Å². The van der Waals surface area contributed by atoms with Crippen LogP contribution in [0.25, 0.3) is 0 Å². The van der Waals surface area contributed by atoms with Gasteiger partial charge in [-0.05, 0) is 54.6 Å². The highest BCUT2D eigenvalue weighted by molar-refractivity contribution is 8.17. The minimum atomic E-state index is 0.843. The van der Waals surface area contributed by atoms with Crippen LogP contribution in [0.3, 0.4) is 0 Å². The monoisotopic (exact) mass is 310 g/mol. The van der Waals surface area contributed by atoms with E-state index >= 15 is 0 Å². The van der Waals surface area contributed by atoms with E-state index < -0.39 is 0 Å². The van der Waals surface area contributed by atoms with Crippen molar-refractivity contribution < 1.29 is 0 Å².